The van der Waals surface area contributed by atoms with Gasteiger partial charge < -0.3 is 25.2 Å². The number of pyridine rings is 1. The van der Waals surface area contributed by atoms with Crippen molar-refractivity contribution in [3.05, 3.63) is 73.2 Å². The first-order valence-corrected chi connectivity index (χ1v) is 12.5. The summed E-state index contributed by atoms with van der Waals surface area (Å²) < 4.78 is 5.01. The number of fused-ring (bicyclic) bond motifs is 1. The number of benzene rings is 2. The summed E-state index contributed by atoms with van der Waals surface area (Å²) in [5.74, 6) is 0.592. The molecule has 2 aromatic heterocycles. The molecule has 0 bridgehead atoms. The van der Waals surface area contributed by atoms with Gasteiger partial charge in [-0.25, -0.2) is 9.97 Å². The summed E-state index contributed by atoms with van der Waals surface area (Å²) in [4.78, 5) is 18.4. The third-order valence-corrected chi connectivity index (χ3v) is 6.40. The Bertz CT molecular complexity index is 1240. The first-order chi connectivity index (χ1) is 17.8. The van der Waals surface area contributed by atoms with Gasteiger partial charge in [0.1, 0.15) is 0 Å². The number of aromatic nitrogens is 3. The van der Waals surface area contributed by atoms with Crippen molar-refractivity contribution in [2.75, 3.05) is 69.7 Å². The zero-order valence-corrected chi connectivity index (χ0v) is 20.7. The second-order valence-electron chi connectivity index (χ2n) is 9.01. The van der Waals surface area contributed by atoms with Crippen LogP contribution >= 0.6 is 0 Å². The van der Waals surface area contributed by atoms with Crippen LogP contribution in [0.15, 0.2) is 73.2 Å². The highest BCUT2D eigenvalue weighted by Crippen LogP contribution is 2.28. The smallest absolute Gasteiger partial charge is 0.227 e. The largest absolute Gasteiger partial charge is 0.379 e. The molecule has 186 valence electrons. The van der Waals surface area contributed by atoms with Crippen molar-refractivity contribution in [3.63, 3.8) is 0 Å². The first-order valence-electron chi connectivity index (χ1n) is 12.5. The predicted molar refractivity (Wildman–Crippen MR) is 146 cm³/mol. The molecule has 6 rings (SSSR count). The lowest BCUT2D eigenvalue weighted by Gasteiger charge is -2.34. The van der Waals surface area contributed by atoms with E-state index >= 15 is 0 Å². The number of morpholine rings is 1. The average Bonchev–Trinajstić information content (AvgIpc) is 2.95. The molecule has 2 N–H and O–H groups in total. The van der Waals surface area contributed by atoms with Crippen molar-refractivity contribution in [2.45, 2.75) is 0 Å². The molecule has 8 nitrogen and oxygen atoms in total. The molecule has 2 fully saturated rings. The van der Waals surface area contributed by atoms with Crippen LogP contribution in [0.2, 0.25) is 0 Å². The van der Waals surface area contributed by atoms with E-state index in [9.17, 15) is 0 Å². The molecule has 8 heteroatoms. The molecule has 0 unspecified atom stereocenters. The maximum atomic E-state index is 5.01. The number of piperazine rings is 1. The standard InChI is InChI=1S/C24H24N6.C4H9NO/c1-29-11-13-30(14-12-29)21-8-3-7-20(15-21)27-24-26-17-19-5-2-9-22(23(19)28-24)18-6-4-10-25-16-18;1-3-6-4-2-5-1/h2-10,15-17H,11-14H2,1H3,(H,26,27,28);5H,1-4H2. The Balaban J connectivity index is 0.000000391. The van der Waals surface area contributed by atoms with Gasteiger partial charge in [-0.2, -0.15) is 0 Å². The van der Waals surface area contributed by atoms with Gasteiger partial charge in [0.15, 0.2) is 0 Å². The highest BCUT2D eigenvalue weighted by atomic mass is 16.5. The third-order valence-electron chi connectivity index (χ3n) is 6.40. The van der Waals surface area contributed by atoms with Gasteiger partial charge >= 0.3 is 0 Å². The fraction of sp³-hybridized carbons (Fsp3) is 0.321. The van der Waals surface area contributed by atoms with Crippen molar-refractivity contribution in [2.24, 2.45) is 0 Å². The molecule has 0 spiro atoms. The van der Waals surface area contributed by atoms with Gasteiger partial charge in [-0.1, -0.05) is 30.3 Å². The van der Waals surface area contributed by atoms with Crippen molar-refractivity contribution in [1.82, 2.24) is 25.2 Å². The minimum absolute atomic E-state index is 0.592. The monoisotopic (exact) mass is 483 g/mol. The number of hydrogen-bond acceptors (Lipinski definition) is 8. The molecule has 2 aromatic carbocycles. The van der Waals surface area contributed by atoms with Crippen LogP contribution in [0.3, 0.4) is 0 Å². The zero-order valence-electron chi connectivity index (χ0n) is 20.7. The number of hydrogen-bond donors (Lipinski definition) is 2. The van der Waals surface area contributed by atoms with E-state index in [2.05, 4.69) is 73.8 Å². The van der Waals surface area contributed by atoms with Crippen molar-refractivity contribution < 1.29 is 4.74 Å². The number of ether oxygens (including phenoxy) is 1. The van der Waals surface area contributed by atoms with E-state index in [1.807, 2.05) is 30.6 Å². The van der Waals surface area contributed by atoms with E-state index < -0.39 is 0 Å². The van der Waals surface area contributed by atoms with E-state index in [-0.39, 0.29) is 0 Å². The van der Waals surface area contributed by atoms with Crippen LogP contribution in [0.5, 0.6) is 0 Å². The molecule has 2 aliphatic heterocycles. The Hall–Kier alpha value is -3.59. The summed E-state index contributed by atoms with van der Waals surface area (Å²) in [5, 5.41) is 7.56. The van der Waals surface area contributed by atoms with Crippen LogP contribution in [0.4, 0.5) is 17.3 Å². The van der Waals surface area contributed by atoms with Gasteiger partial charge in [0, 0.05) is 85.7 Å². The number of likely N-dealkylation sites (N-methyl/N-ethyl adjacent to an activating group) is 1. The van der Waals surface area contributed by atoms with Gasteiger partial charge in [0.25, 0.3) is 0 Å². The molecule has 0 amide bonds. The third kappa shape index (κ3) is 6.15. The second kappa shape index (κ2) is 11.9. The molecule has 2 saturated heterocycles. The lowest BCUT2D eigenvalue weighted by Crippen LogP contribution is -2.44. The molecule has 4 heterocycles. The summed E-state index contributed by atoms with van der Waals surface area (Å²) >= 11 is 0. The predicted octanol–water partition coefficient (Wildman–Crippen LogP) is 3.79. The number of anilines is 3. The number of nitrogens with one attached hydrogen (secondary N) is 2. The Morgan fingerprint density at radius 1 is 0.917 bits per heavy atom. The molecule has 0 aliphatic carbocycles. The highest BCUT2D eigenvalue weighted by molar-refractivity contribution is 5.93. The maximum absolute atomic E-state index is 5.01. The average molecular weight is 484 g/mol. The summed E-state index contributed by atoms with van der Waals surface area (Å²) in [6, 6.07) is 18.6. The van der Waals surface area contributed by atoms with Crippen LogP contribution in [-0.2, 0) is 4.74 Å². The van der Waals surface area contributed by atoms with Gasteiger partial charge in [0.05, 0.1) is 18.7 Å². The van der Waals surface area contributed by atoms with E-state index in [0.717, 1.165) is 80.2 Å². The number of rotatable bonds is 4. The molecular weight excluding hydrogens is 450 g/mol. The normalized spacial score (nSPS) is 16.3. The number of nitrogens with zero attached hydrogens (tertiary/aromatic N) is 5. The fourth-order valence-electron chi connectivity index (χ4n) is 4.36. The molecule has 0 saturated carbocycles. The van der Waals surface area contributed by atoms with Crippen LogP contribution in [0.1, 0.15) is 0 Å². The lowest BCUT2D eigenvalue weighted by molar-refractivity contribution is 0.109. The second-order valence-corrected chi connectivity index (χ2v) is 9.01. The minimum atomic E-state index is 0.592. The van der Waals surface area contributed by atoms with E-state index in [4.69, 9.17) is 9.72 Å². The summed E-state index contributed by atoms with van der Waals surface area (Å²) in [7, 11) is 2.17. The molecule has 4 aromatic rings. The number of para-hydroxylation sites is 1. The summed E-state index contributed by atoms with van der Waals surface area (Å²) in [6.45, 7) is 8.09. The fourth-order valence-corrected chi connectivity index (χ4v) is 4.36. The van der Waals surface area contributed by atoms with Crippen LogP contribution in [0, 0.1) is 0 Å². The summed E-state index contributed by atoms with van der Waals surface area (Å²) in [6.07, 6.45) is 5.52. The van der Waals surface area contributed by atoms with Crippen LogP contribution in [-0.4, -0.2) is 79.4 Å². The Morgan fingerprint density at radius 3 is 2.47 bits per heavy atom. The van der Waals surface area contributed by atoms with Crippen LogP contribution in [0.25, 0.3) is 22.0 Å². The Morgan fingerprint density at radius 2 is 1.75 bits per heavy atom. The summed E-state index contributed by atoms with van der Waals surface area (Å²) in [5.41, 5.74) is 5.23. The van der Waals surface area contributed by atoms with Crippen molar-refractivity contribution >= 4 is 28.2 Å². The molecular formula is C28H33N7O. The van der Waals surface area contributed by atoms with E-state index in [1.165, 1.54) is 5.69 Å². The van der Waals surface area contributed by atoms with Crippen molar-refractivity contribution in [1.29, 1.82) is 0 Å². The SMILES string of the molecule is C1COCCN1.CN1CCN(c2cccc(Nc3ncc4cccc(-c5cccnc5)c4n3)c2)CC1. The Labute approximate surface area is 212 Å². The van der Waals surface area contributed by atoms with Gasteiger partial charge in [0.2, 0.25) is 5.95 Å². The van der Waals surface area contributed by atoms with Gasteiger partial charge in [-0.05, 0) is 31.3 Å². The minimum Gasteiger partial charge on any atom is -0.379 e. The van der Waals surface area contributed by atoms with E-state index in [0.29, 0.717) is 5.95 Å². The maximum Gasteiger partial charge on any atom is 0.227 e. The topological polar surface area (TPSA) is 78.4 Å². The van der Waals surface area contributed by atoms with E-state index in [1.54, 1.807) is 6.20 Å². The highest BCUT2D eigenvalue weighted by Gasteiger charge is 2.15. The first kappa shape index (κ1) is 24.1. The van der Waals surface area contributed by atoms with Gasteiger partial charge in [-0.15, -0.1) is 0 Å². The quantitative estimate of drug-likeness (QED) is 0.454. The van der Waals surface area contributed by atoms with Crippen molar-refractivity contribution in [3.8, 4) is 11.1 Å². The van der Waals surface area contributed by atoms with Crippen LogP contribution < -0.4 is 15.5 Å². The zero-order chi connectivity index (χ0) is 24.6. The Kier molecular flexibility index (Phi) is 7.97. The molecule has 36 heavy (non-hydrogen) atoms. The molecule has 2 aliphatic rings. The lowest BCUT2D eigenvalue weighted by atomic mass is 10.0. The molecule has 0 radical (unpaired) electrons. The van der Waals surface area contributed by atoms with Gasteiger partial charge in [-0.3, -0.25) is 4.98 Å². The molecule has 0 atom stereocenters.